The van der Waals surface area contributed by atoms with Gasteiger partial charge in [-0.15, -0.1) is 0 Å². The van der Waals surface area contributed by atoms with Gasteiger partial charge >= 0.3 is 0 Å². The van der Waals surface area contributed by atoms with Crippen LogP contribution in [0.4, 0.5) is 0 Å². The van der Waals surface area contributed by atoms with E-state index in [1.54, 1.807) is 0 Å². The van der Waals surface area contributed by atoms with Gasteiger partial charge in [0.2, 0.25) is 0 Å². The summed E-state index contributed by atoms with van der Waals surface area (Å²) >= 11 is 0. The molecule has 0 fully saturated rings. The van der Waals surface area contributed by atoms with E-state index >= 15 is 0 Å². The lowest BCUT2D eigenvalue weighted by atomic mass is 9.83. The van der Waals surface area contributed by atoms with E-state index in [9.17, 15) is 5.26 Å². The van der Waals surface area contributed by atoms with Gasteiger partial charge in [-0.3, -0.25) is 0 Å². The minimum atomic E-state index is 0.644. The van der Waals surface area contributed by atoms with Crippen molar-refractivity contribution in [3.63, 3.8) is 0 Å². The van der Waals surface area contributed by atoms with Crippen LogP contribution in [0.15, 0.2) is 128 Å². The van der Waals surface area contributed by atoms with Crippen molar-refractivity contribution in [3.05, 3.63) is 145 Å². The quantitative estimate of drug-likeness (QED) is 0.239. The van der Waals surface area contributed by atoms with Gasteiger partial charge in [-0.2, -0.15) is 5.26 Å². The molecule has 0 spiro atoms. The van der Waals surface area contributed by atoms with Crippen molar-refractivity contribution >= 4 is 33.7 Å². The molecule has 0 saturated heterocycles. The summed E-state index contributed by atoms with van der Waals surface area (Å²) in [6.45, 7) is 8.40. The average molecular weight is 484 g/mol. The molecule has 0 radical (unpaired) electrons. The zero-order valence-corrected chi connectivity index (χ0v) is 21.0. The van der Waals surface area contributed by atoms with Crippen molar-refractivity contribution in [1.82, 2.24) is 0 Å². The summed E-state index contributed by atoms with van der Waals surface area (Å²) in [7, 11) is 0. The van der Waals surface area contributed by atoms with E-state index in [2.05, 4.69) is 104 Å². The summed E-state index contributed by atoms with van der Waals surface area (Å²) < 4.78 is 0. The molecule has 6 aromatic carbocycles. The molecule has 0 heterocycles. The van der Waals surface area contributed by atoms with Crippen molar-refractivity contribution < 1.29 is 0 Å². The zero-order valence-electron chi connectivity index (χ0n) is 21.0. The second-order valence-electron chi connectivity index (χ2n) is 9.36. The SMILES string of the molecule is C=Cc1c(C=C)c(-c2ccc3cc(-c4ccccc4)ccc3c2)c2ccccc2c1-c1ccc(C#N)cc1. The summed E-state index contributed by atoms with van der Waals surface area (Å²) in [4.78, 5) is 0. The van der Waals surface area contributed by atoms with Gasteiger partial charge in [0.15, 0.2) is 0 Å². The second kappa shape index (κ2) is 9.69. The first-order valence-electron chi connectivity index (χ1n) is 12.7. The Kier molecular flexibility index (Phi) is 5.92. The van der Waals surface area contributed by atoms with E-state index in [-0.39, 0.29) is 0 Å². The van der Waals surface area contributed by atoms with Crippen LogP contribution in [-0.2, 0) is 0 Å². The van der Waals surface area contributed by atoms with Crippen LogP contribution in [0.5, 0.6) is 0 Å². The molecule has 0 amide bonds. The molecule has 6 aromatic rings. The van der Waals surface area contributed by atoms with Crippen LogP contribution in [-0.4, -0.2) is 0 Å². The first kappa shape index (κ1) is 23.2. The molecule has 0 aliphatic carbocycles. The van der Waals surface area contributed by atoms with Gasteiger partial charge in [0, 0.05) is 0 Å². The van der Waals surface area contributed by atoms with Gasteiger partial charge in [-0.05, 0) is 90.3 Å². The second-order valence-corrected chi connectivity index (χ2v) is 9.36. The first-order valence-corrected chi connectivity index (χ1v) is 12.7. The van der Waals surface area contributed by atoms with Crippen LogP contribution in [0.3, 0.4) is 0 Å². The topological polar surface area (TPSA) is 23.8 Å². The van der Waals surface area contributed by atoms with Crippen molar-refractivity contribution in [3.8, 4) is 39.4 Å². The molecule has 0 bridgehead atoms. The van der Waals surface area contributed by atoms with Gasteiger partial charge in [0.25, 0.3) is 0 Å². The maximum atomic E-state index is 9.29. The fraction of sp³-hybridized carbons (Fsp3) is 0. The Labute approximate surface area is 223 Å². The average Bonchev–Trinajstić information content (AvgIpc) is 2.99. The van der Waals surface area contributed by atoms with Gasteiger partial charge in [0.05, 0.1) is 11.6 Å². The summed E-state index contributed by atoms with van der Waals surface area (Å²) in [5.74, 6) is 0. The first-order chi connectivity index (χ1) is 18.7. The number of benzene rings is 6. The molecule has 0 saturated carbocycles. The molecule has 0 N–H and O–H groups in total. The van der Waals surface area contributed by atoms with E-state index in [4.69, 9.17) is 0 Å². The Hall–Kier alpha value is -5.19. The molecule has 0 aromatic heterocycles. The number of fused-ring (bicyclic) bond motifs is 2. The van der Waals surface area contributed by atoms with Crippen molar-refractivity contribution in [2.24, 2.45) is 0 Å². The van der Waals surface area contributed by atoms with Crippen molar-refractivity contribution in [2.75, 3.05) is 0 Å². The summed E-state index contributed by atoms with van der Waals surface area (Å²) in [6.07, 6.45) is 3.86. The third-order valence-electron chi connectivity index (χ3n) is 7.24. The summed E-state index contributed by atoms with van der Waals surface area (Å²) in [5, 5.41) is 14.0. The van der Waals surface area contributed by atoms with Crippen LogP contribution >= 0.6 is 0 Å². The molecule has 38 heavy (non-hydrogen) atoms. The predicted octanol–water partition coefficient (Wildman–Crippen LogP) is 10.2. The lowest BCUT2D eigenvalue weighted by Gasteiger charge is -2.20. The molecule has 178 valence electrons. The van der Waals surface area contributed by atoms with E-state index in [0.29, 0.717) is 5.56 Å². The van der Waals surface area contributed by atoms with Crippen LogP contribution in [0.25, 0.3) is 67.1 Å². The molecule has 0 aliphatic rings. The molecule has 1 nitrogen and oxygen atoms in total. The van der Waals surface area contributed by atoms with E-state index in [1.807, 2.05) is 42.5 Å². The smallest absolute Gasteiger partial charge is 0.0991 e. The highest BCUT2D eigenvalue weighted by Crippen LogP contribution is 2.43. The van der Waals surface area contributed by atoms with E-state index in [1.165, 1.54) is 21.9 Å². The standard InChI is InChI=1S/C37H25N/c1-3-32-33(4-2)37(35-13-9-8-12-34(35)36(32)27-16-14-25(24-38)15-17-27)31-21-20-29-22-28(18-19-30(29)23-31)26-10-6-5-7-11-26/h3-23H,1-2H2. The zero-order chi connectivity index (χ0) is 26.1. The largest absolute Gasteiger partial charge is 0.192 e. The summed E-state index contributed by atoms with van der Waals surface area (Å²) in [6, 6.07) is 42.3. The molecule has 1 heteroatoms. The van der Waals surface area contributed by atoms with Crippen molar-refractivity contribution in [2.45, 2.75) is 0 Å². The third kappa shape index (κ3) is 3.90. The maximum Gasteiger partial charge on any atom is 0.0991 e. The highest BCUT2D eigenvalue weighted by molar-refractivity contribution is 6.12. The van der Waals surface area contributed by atoms with Crippen LogP contribution < -0.4 is 0 Å². The number of hydrogen-bond donors (Lipinski definition) is 0. The van der Waals surface area contributed by atoms with Crippen LogP contribution in [0.1, 0.15) is 16.7 Å². The van der Waals surface area contributed by atoms with Gasteiger partial charge < -0.3 is 0 Å². The third-order valence-corrected chi connectivity index (χ3v) is 7.24. The van der Waals surface area contributed by atoms with Crippen LogP contribution in [0, 0.1) is 11.3 Å². The molecular formula is C37H25N. The van der Waals surface area contributed by atoms with E-state index < -0.39 is 0 Å². The fourth-order valence-electron chi connectivity index (χ4n) is 5.45. The lowest BCUT2D eigenvalue weighted by Crippen LogP contribution is -1.96. The summed E-state index contributed by atoms with van der Waals surface area (Å²) in [5.41, 5.74) is 9.61. The van der Waals surface area contributed by atoms with Crippen LogP contribution in [0.2, 0.25) is 0 Å². The monoisotopic (exact) mass is 483 g/mol. The normalized spacial score (nSPS) is 10.8. The van der Waals surface area contributed by atoms with Gasteiger partial charge in [-0.25, -0.2) is 0 Å². The number of nitriles is 1. The van der Waals surface area contributed by atoms with Crippen molar-refractivity contribution in [1.29, 1.82) is 5.26 Å². The number of hydrogen-bond acceptors (Lipinski definition) is 1. The maximum absolute atomic E-state index is 9.29. The number of rotatable bonds is 5. The highest BCUT2D eigenvalue weighted by atomic mass is 14.2. The molecule has 0 aliphatic heterocycles. The highest BCUT2D eigenvalue weighted by Gasteiger charge is 2.19. The van der Waals surface area contributed by atoms with Gasteiger partial charge in [0.1, 0.15) is 0 Å². The minimum absolute atomic E-state index is 0.644. The molecule has 6 rings (SSSR count). The predicted molar refractivity (Wildman–Crippen MR) is 163 cm³/mol. The Morgan fingerprint density at radius 3 is 1.58 bits per heavy atom. The molecule has 0 unspecified atom stereocenters. The molecular weight excluding hydrogens is 458 g/mol. The minimum Gasteiger partial charge on any atom is -0.192 e. The fourth-order valence-corrected chi connectivity index (χ4v) is 5.45. The Morgan fingerprint density at radius 2 is 1.00 bits per heavy atom. The van der Waals surface area contributed by atoms with Gasteiger partial charge in [-0.1, -0.05) is 116 Å². The van der Waals surface area contributed by atoms with E-state index in [0.717, 1.165) is 44.2 Å². The Bertz CT molecular complexity index is 1880. The lowest BCUT2D eigenvalue weighted by molar-refractivity contribution is 1.48. The Morgan fingerprint density at radius 1 is 0.500 bits per heavy atom. The number of nitrogens with zero attached hydrogens (tertiary/aromatic N) is 1. The molecule has 0 atom stereocenters. The Balaban J connectivity index is 1.59.